The van der Waals surface area contributed by atoms with Crippen LogP contribution in [0.25, 0.3) is 0 Å². The van der Waals surface area contributed by atoms with Crippen LogP contribution in [0.3, 0.4) is 0 Å². The van der Waals surface area contributed by atoms with Crippen molar-refractivity contribution < 1.29 is 32.3 Å². The minimum Gasteiger partial charge on any atom is -0.379 e. The number of likely N-dealkylation sites (tertiary alicyclic amines) is 1. The Morgan fingerprint density at radius 2 is 1.72 bits per heavy atom. The van der Waals surface area contributed by atoms with E-state index in [1.165, 1.54) is 0 Å². The minimum absolute atomic E-state index is 0.0406. The summed E-state index contributed by atoms with van der Waals surface area (Å²) in [6.07, 6.45) is -3.20. The number of nitrogens with zero attached hydrogens (tertiary/aromatic N) is 1. The second kappa shape index (κ2) is 9.77. The summed E-state index contributed by atoms with van der Waals surface area (Å²) in [6, 6.07) is 2.52. The fourth-order valence-electron chi connectivity index (χ4n) is 4.01. The van der Waals surface area contributed by atoms with E-state index in [9.17, 15) is 32.3 Å². The first kappa shape index (κ1) is 26.1. The molecule has 1 aliphatic heterocycles. The number of hydrogen-bond acceptors (Lipinski definition) is 3. The summed E-state index contributed by atoms with van der Waals surface area (Å²) >= 11 is 0. The number of carbonyl (C=O) groups excluding carboxylic acids is 2. The summed E-state index contributed by atoms with van der Waals surface area (Å²) < 4.78 is 52.0. The van der Waals surface area contributed by atoms with Crippen LogP contribution in [-0.2, 0) is 17.6 Å². The normalized spacial score (nSPS) is 17.7. The van der Waals surface area contributed by atoms with Crippen LogP contribution in [0.1, 0.15) is 68.4 Å². The molecule has 0 spiro atoms. The van der Waals surface area contributed by atoms with Crippen molar-refractivity contribution in [2.45, 2.75) is 65.4 Å². The zero-order chi connectivity index (χ0) is 24.3. The molecule has 0 radical (unpaired) electrons. The van der Waals surface area contributed by atoms with Crippen LogP contribution in [-0.4, -0.2) is 47.1 Å². The highest BCUT2D eigenvalue weighted by Gasteiger charge is 2.47. The quantitative estimate of drug-likeness (QED) is 0.621. The largest absolute Gasteiger partial charge is 0.416 e. The molecule has 1 saturated heterocycles. The Hall–Kier alpha value is -2.16. The van der Waals surface area contributed by atoms with Gasteiger partial charge in [0.2, 0.25) is 0 Å². The predicted octanol–water partition coefficient (Wildman–Crippen LogP) is 4.33. The molecule has 1 unspecified atom stereocenters. The number of nitrogens with one attached hydrogen (secondary N) is 1. The minimum atomic E-state index is -4.67. The number of hydrogen-bond donors (Lipinski definition) is 2. The van der Waals surface area contributed by atoms with Crippen LogP contribution in [0.5, 0.6) is 0 Å². The molecule has 2 N–H and O–H groups in total. The Kier molecular flexibility index (Phi) is 7.96. The highest BCUT2D eigenvalue weighted by Crippen LogP contribution is 2.36. The van der Waals surface area contributed by atoms with E-state index in [0.717, 1.165) is 6.07 Å². The van der Waals surface area contributed by atoms with Crippen LogP contribution in [0.15, 0.2) is 18.2 Å². The van der Waals surface area contributed by atoms with Gasteiger partial charge in [0.1, 0.15) is 12.3 Å². The lowest BCUT2D eigenvalue weighted by Gasteiger charge is -2.43. The molecule has 1 aliphatic rings. The van der Waals surface area contributed by atoms with Gasteiger partial charge in [0, 0.05) is 25.2 Å². The van der Waals surface area contributed by atoms with Crippen molar-refractivity contribution in [1.29, 1.82) is 0 Å². The van der Waals surface area contributed by atoms with Crippen molar-refractivity contribution in [3.05, 3.63) is 34.9 Å². The second-order valence-corrected chi connectivity index (χ2v) is 9.46. The van der Waals surface area contributed by atoms with Crippen LogP contribution in [0, 0.1) is 11.3 Å². The molecule has 9 heteroatoms. The molecule has 0 aliphatic carbocycles. The van der Waals surface area contributed by atoms with Crippen LogP contribution >= 0.6 is 0 Å². The van der Waals surface area contributed by atoms with Crippen LogP contribution in [0.2, 0.25) is 0 Å². The van der Waals surface area contributed by atoms with E-state index in [1.54, 1.807) is 11.8 Å². The monoisotopic (exact) mass is 460 g/mol. The smallest absolute Gasteiger partial charge is 0.379 e. The molecule has 1 aromatic carbocycles. The summed E-state index contributed by atoms with van der Waals surface area (Å²) in [4.78, 5) is 26.9. The van der Waals surface area contributed by atoms with Gasteiger partial charge in [-0.05, 0) is 54.4 Å². The summed E-state index contributed by atoms with van der Waals surface area (Å²) in [5.41, 5.74) is -3.59. The van der Waals surface area contributed by atoms with E-state index in [1.807, 2.05) is 20.8 Å². The van der Waals surface area contributed by atoms with Gasteiger partial charge in [0.05, 0.1) is 5.56 Å². The van der Waals surface area contributed by atoms with Crippen molar-refractivity contribution in [1.82, 2.24) is 10.2 Å². The molecule has 1 atom stereocenters. The van der Waals surface area contributed by atoms with E-state index >= 15 is 0 Å². The molecule has 1 heterocycles. The Morgan fingerprint density at radius 3 is 2.19 bits per heavy atom. The molecule has 0 bridgehead atoms. The Labute approximate surface area is 186 Å². The van der Waals surface area contributed by atoms with E-state index in [4.69, 9.17) is 0 Å². The third-order valence-corrected chi connectivity index (χ3v) is 6.30. The van der Waals surface area contributed by atoms with Crippen LogP contribution < -0.4 is 5.32 Å². The maximum Gasteiger partial charge on any atom is 0.416 e. The van der Waals surface area contributed by atoms with Gasteiger partial charge in [0.15, 0.2) is 0 Å². The molecule has 180 valence electrons. The van der Waals surface area contributed by atoms with E-state index in [2.05, 4.69) is 5.32 Å². The van der Waals surface area contributed by atoms with E-state index in [0.29, 0.717) is 44.5 Å². The van der Waals surface area contributed by atoms with E-state index in [-0.39, 0.29) is 29.5 Å². The lowest BCUT2D eigenvalue weighted by atomic mass is 9.73. The average molecular weight is 461 g/mol. The molecule has 2 rings (SSSR count). The molecule has 2 amide bonds. The summed E-state index contributed by atoms with van der Waals surface area (Å²) in [6.45, 7) is 7.21. The van der Waals surface area contributed by atoms with Crippen molar-refractivity contribution >= 4 is 11.8 Å². The number of aliphatic hydroxyl groups is 1. The number of piperidine rings is 1. The highest BCUT2D eigenvalue weighted by molar-refractivity contribution is 5.94. The maximum absolute atomic E-state index is 13.0. The molecule has 1 fully saturated rings. The number of amides is 2. The first-order valence-corrected chi connectivity index (χ1v) is 10.8. The summed E-state index contributed by atoms with van der Waals surface area (Å²) in [5.74, 6) is -0.964. The molecular weight excluding hydrogens is 428 g/mol. The summed E-state index contributed by atoms with van der Waals surface area (Å²) in [7, 11) is 0. The fourth-order valence-corrected chi connectivity index (χ4v) is 4.01. The first-order chi connectivity index (χ1) is 14.7. The maximum atomic E-state index is 13.0. The SMILES string of the molecule is CCC(O)(C(=O)N1CCC(CNC(=O)c2cc(CF)cc(C(F)(F)F)c2)CC1)C(C)(C)C. The molecule has 1 aromatic rings. The third-order valence-electron chi connectivity index (χ3n) is 6.30. The van der Waals surface area contributed by atoms with Crippen molar-refractivity contribution in [2.75, 3.05) is 19.6 Å². The van der Waals surface area contributed by atoms with Gasteiger partial charge in [-0.3, -0.25) is 9.59 Å². The first-order valence-electron chi connectivity index (χ1n) is 10.8. The number of halogens is 4. The highest BCUT2D eigenvalue weighted by atomic mass is 19.4. The average Bonchev–Trinajstić information content (AvgIpc) is 2.74. The number of carbonyl (C=O) groups is 2. The Bertz CT molecular complexity index is 828. The second-order valence-electron chi connectivity index (χ2n) is 9.46. The van der Waals surface area contributed by atoms with E-state index < -0.39 is 35.3 Å². The van der Waals surface area contributed by atoms with Gasteiger partial charge in [0.25, 0.3) is 11.8 Å². The fraction of sp³-hybridized carbons (Fsp3) is 0.652. The molecule has 0 saturated carbocycles. The van der Waals surface area contributed by atoms with Gasteiger partial charge in [-0.15, -0.1) is 0 Å². The van der Waals surface area contributed by atoms with Gasteiger partial charge < -0.3 is 15.3 Å². The summed E-state index contributed by atoms with van der Waals surface area (Å²) in [5, 5.41) is 13.5. The number of alkyl halides is 4. The van der Waals surface area contributed by atoms with Crippen LogP contribution in [0.4, 0.5) is 17.6 Å². The molecular formula is C23H32F4N2O3. The van der Waals surface area contributed by atoms with Crippen molar-refractivity contribution in [3.63, 3.8) is 0 Å². The number of rotatable bonds is 6. The lowest BCUT2D eigenvalue weighted by Crippen LogP contribution is -2.57. The lowest BCUT2D eigenvalue weighted by molar-refractivity contribution is -0.166. The van der Waals surface area contributed by atoms with Crippen molar-refractivity contribution in [3.8, 4) is 0 Å². The van der Waals surface area contributed by atoms with Gasteiger partial charge >= 0.3 is 6.18 Å². The molecule has 0 aromatic heterocycles. The topological polar surface area (TPSA) is 69.6 Å². The molecule has 5 nitrogen and oxygen atoms in total. The zero-order valence-electron chi connectivity index (χ0n) is 19.0. The Balaban J connectivity index is 1.96. The van der Waals surface area contributed by atoms with Crippen molar-refractivity contribution in [2.24, 2.45) is 11.3 Å². The number of benzene rings is 1. The third kappa shape index (κ3) is 5.79. The molecule has 32 heavy (non-hydrogen) atoms. The Morgan fingerprint density at radius 1 is 1.12 bits per heavy atom. The van der Waals surface area contributed by atoms with Gasteiger partial charge in [-0.1, -0.05) is 27.7 Å². The zero-order valence-corrected chi connectivity index (χ0v) is 19.0. The van der Waals surface area contributed by atoms with Gasteiger partial charge in [-0.25, -0.2) is 4.39 Å². The predicted molar refractivity (Wildman–Crippen MR) is 113 cm³/mol. The standard InChI is InChI=1S/C23H32F4N2O3/c1-5-22(32,21(2,3)4)20(31)29-8-6-15(7-9-29)14-28-19(30)17-10-16(13-24)11-18(12-17)23(25,26)27/h10-12,15,32H,5-9,13-14H2,1-4H3,(H,28,30). The van der Waals surface area contributed by atoms with Gasteiger partial charge in [-0.2, -0.15) is 13.2 Å².